The summed E-state index contributed by atoms with van der Waals surface area (Å²) in [7, 11) is 0. The number of nitriles is 1. The maximum Gasteiger partial charge on any atom is 0.149 e. The quantitative estimate of drug-likeness (QED) is 0.607. The molecular weight excluding hydrogens is 344 g/mol. The highest BCUT2D eigenvalue weighted by Gasteiger charge is 2.25. The summed E-state index contributed by atoms with van der Waals surface area (Å²) in [4.78, 5) is 0. The van der Waals surface area contributed by atoms with Gasteiger partial charge in [-0.3, -0.25) is 0 Å². The first-order valence-corrected chi connectivity index (χ1v) is 8.73. The van der Waals surface area contributed by atoms with Gasteiger partial charge in [-0.25, -0.2) is 13.5 Å². The molecule has 0 bridgehead atoms. The summed E-state index contributed by atoms with van der Waals surface area (Å²) < 4.78 is 30.4. The summed E-state index contributed by atoms with van der Waals surface area (Å²) in [6, 6.07) is 13.0. The second-order valence-corrected chi connectivity index (χ2v) is 6.90. The van der Waals surface area contributed by atoms with Crippen molar-refractivity contribution in [3.05, 3.63) is 77.5 Å². The van der Waals surface area contributed by atoms with E-state index in [9.17, 15) is 8.78 Å². The molecule has 1 aromatic heterocycles. The Labute approximate surface area is 156 Å². The van der Waals surface area contributed by atoms with Crippen molar-refractivity contribution in [1.29, 1.82) is 5.26 Å². The zero-order valence-corrected chi connectivity index (χ0v) is 14.8. The summed E-state index contributed by atoms with van der Waals surface area (Å²) in [5.41, 5.74) is 3.62. The van der Waals surface area contributed by atoms with Crippen molar-refractivity contribution in [2.24, 2.45) is 0 Å². The Kier molecular flexibility index (Phi) is 4.12. The molecule has 1 aliphatic rings. The third-order valence-electron chi connectivity index (χ3n) is 4.78. The number of allylic oxidation sites excluding steroid dienone is 1. The van der Waals surface area contributed by atoms with Gasteiger partial charge in [0.25, 0.3) is 0 Å². The number of hydrogen-bond donors (Lipinski definition) is 0. The Morgan fingerprint density at radius 1 is 1.15 bits per heavy atom. The van der Waals surface area contributed by atoms with Crippen LogP contribution in [0.25, 0.3) is 22.5 Å². The third-order valence-corrected chi connectivity index (χ3v) is 4.78. The van der Waals surface area contributed by atoms with Crippen LogP contribution in [-0.2, 0) is 0 Å². The molecule has 4 rings (SSSR count). The molecule has 0 saturated heterocycles. The fraction of sp³-hybridized carbons (Fsp3) is 0.182. The van der Waals surface area contributed by atoms with Crippen molar-refractivity contribution in [2.75, 3.05) is 0 Å². The lowest BCUT2D eigenvalue weighted by atomic mass is 10.1. The van der Waals surface area contributed by atoms with Gasteiger partial charge in [0.2, 0.25) is 0 Å². The van der Waals surface area contributed by atoms with Crippen molar-refractivity contribution in [2.45, 2.75) is 25.7 Å². The molecular formula is C22H17F2N3. The normalized spacial score (nSPS) is 13.4. The first-order valence-electron chi connectivity index (χ1n) is 8.73. The van der Waals surface area contributed by atoms with Crippen LogP contribution in [0.1, 0.15) is 42.5 Å². The van der Waals surface area contributed by atoms with E-state index in [1.54, 1.807) is 30.3 Å². The lowest BCUT2D eigenvalue weighted by Gasteiger charge is -2.10. The summed E-state index contributed by atoms with van der Waals surface area (Å²) in [5.74, 6) is -0.542. The van der Waals surface area contributed by atoms with Crippen LogP contribution in [0.3, 0.4) is 0 Å². The minimum absolute atomic E-state index is 0.0371. The predicted octanol–water partition coefficient (Wildman–Crippen LogP) is 5.60. The molecule has 1 aliphatic carbocycles. The molecule has 5 heteroatoms. The fourth-order valence-corrected chi connectivity index (χ4v) is 3.11. The first-order chi connectivity index (χ1) is 13.0. The summed E-state index contributed by atoms with van der Waals surface area (Å²) in [6.45, 7) is 5.70. The van der Waals surface area contributed by atoms with Gasteiger partial charge in [-0.1, -0.05) is 18.7 Å². The van der Waals surface area contributed by atoms with Gasteiger partial charge in [0.15, 0.2) is 0 Å². The second kappa shape index (κ2) is 6.48. The number of nitrogens with zero attached hydrogens (tertiary/aromatic N) is 3. The molecule has 0 spiro atoms. The number of hydrogen-bond acceptors (Lipinski definition) is 2. The lowest BCUT2D eigenvalue weighted by Crippen LogP contribution is -2.03. The molecule has 1 fully saturated rings. The topological polar surface area (TPSA) is 41.6 Å². The minimum Gasteiger partial charge on any atom is -0.230 e. The largest absolute Gasteiger partial charge is 0.230 e. The Balaban J connectivity index is 1.87. The minimum atomic E-state index is -0.621. The van der Waals surface area contributed by atoms with Gasteiger partial charge in [0, 0.05) is 5.56 Å². The average molecular weight is 361 g/mol. The first kappa shape index (κ1) is 17.2. The van der Waals surface area contributed by atoms with Crippen LogP contribution in [0.2, 0.25) is 0 Å². The number of halogens is 2. The van der Waals surface area contributed by atoms with Crippen LogP contribution in [0.4, 0.5) is 8.78 Å². The molecule has 3 nitrogen and oxygen atoms in total. The van der Waals surface area contributed by atoms with E-state index in [2.05, 4.69) is 11.7 Å². The highest BCUT2D eigenvalue weighted by Crippen LogP contribution is 2.41. The van der Waals surface area contributed by atoms with E-state index < -0.39 is 5.82 Å². The number of benzene rings is 2. The van der Waals surface area contributed by atoms with Crippen molar-refractivity contribution >= 4 is 5.57 Å². The SMILES string of the molecule is C=C(C)c1cc(-c2ccc(C#N)c(F)c2)n(-c2ccc(C3CC3)cc2F)n1. The van der Waals surface area contributed by atoms with Crippen LogP contribution < -0.4 is 0 Å². The zero-order chi connectivity index (χ0) is 19.1. The van der Waals surface area contributed by atoms with Crippen molar-refractivity contribution in [3.8, 4) is 23.0 Å². The fourth-order valence-electron chi connectivity index (χ4n) is 3.11. The molecule has 134 valence electrons. The maximum absolute atomic E-state index is 14.8. The lowest BCUT2D eigenvalue weighted by molar-refractivity contribution is 0.609. The van der Waals surface area contributed by atoms with Crippen LogP contribution in [-0.4, -0.2) is 9.78 Å². The molecule has 1 saturated carbocycles. The summed E-state index contributed by atoms with van der Waals surface area (Å²) in [5, 5.41) is 13.4. The zero-order valence-electron chi connectivity index (χ0n) is 14.8. The van der Waals surface area contributed by atoms with E-state index in [1.165, 1.54) is 16.8 Å². The Morgan fingerprint density at radius 3 is 2.52 bits per heavy atom. The molecule has 2 aromatic carbocycles. The number of aromatic nitrogens is 2. The third kappa shape index (κ3) is 3.15. The maximum atomic E-state index is 14.8. The molecule has 1 heterocycles. The highest BCUT2D eigenvalue weighted by atomic mass is 19.1. The van der Waals surface area contributed by atoms with Gasteiger partial charge >= 0.3 is 0 Å². The van der Waals surface area contributed by atoms with Gasteiger partial charge in [0.05, 0.1) is 17.0 Å². The van der Waals surface area contributed by atoms with Gasteiger partial charge in [-0.2, -0.15) is 10.4 Å². The van der Waals surface area contributed by atoms with Crippen LogP contribution in [0, 0.1) is 23.0 Å². The standard InChI is InChI=1S/C22H17F2N3/c1-13(2)20-11-22(16-5-6-17(12-25)18(23)10-16)27(26-20)21-8-7-15(9-19(21)24)14-3-4-14/h5-11,14H,1,3-4H2,2H3. The van der Waals surface area contributed by atoms with Crippen molar-refractivity contribution < 1.29 is 8.78 Å². The van der Waals surface area contributed by atoms with Gasteiger partial charge in [-0.15, -0.1) is 0 Å². The molecule has 0 aliphatic heterocycles. The van der Waals surface area contributed by atoms with E-state index in [1.807, 2.05) is 13.0 Å². The molecule has 3 aromatic rings. The predicted molar refractivity (Wildman–Crippen MR) is 100 cm³/mol. The van der Waals surface area contributed by atoms with Crippen LogP contribution in [0.15, 0.2) is 49.0 Å². The Hall–Kier alpha value is -3.26. The van der Waals surface area contributed by atoms with Gasteiger partial charge in [0.1, 0.15) is 23.4 Å². The number of rotatable bonds is 4. The second-order valence-electron chi connectivity index (χ2n) is 6.90. The summed E-state index contributed by atoms with van der Waals surface area (Å²) >= 11 is 0. The van der Waals surface area contributed by atoms with Crippen LogP contribution in [0.5, 0.6) is 0 Å². The van der Waals surface area contributed by atoms with E-state index in [4.69, 9.17) is 5.26 Å². The van der Waals surface area contributed by atoms with E-state index >= 15 is 0 Å². The Bertz CT molecular complexity index is 1100. The average Bonchev–Trinajstić information content (AvgIpc) is 3.40. The molecule has 0 N–H and O–H groups in total. The van der Waals surface area contributed by atoms with Crippen molar-refractivity contribution in [3.63, 3.8) is 0 Å². The monoisotopic (exact) mass is 361 g/mol. The molecule has 0 amide bonds. The van der Waals surface area contributed by atoms with Gasteiger partial charge in [-0.05, 0) is 67.2 Å². The molecule has 0 atom stereocenters. The van der Waals surface area contributed by atoms with E-state index in [-0.39, 0.29) is 11.4 Å². The van der Waals surface area contributed by atoms with Crippen LogP contribution >= 0.6 is 0 Å². The molecule has 27 heavy (non-hydrogen) atoms. The highest BCUT2D eigenvalue weighted by molar-refractivity contribution is 5.69. The Morgan fingerprint density at radius 2 is 1.93 bits per heavy atom. The molecule has 0 unspecified atom stereocenters. The van der Waals surface area contributed by atoms with Gasteiger partial charge < -0.3 is 0 Å². The summed E-state index contributed by atoms with van der Waals surface area (Å²) in [6.07, 6.45) is 2.19. The van der Waals surface area contributed by atoms with Crippen molar-refractivity contribution in [1.82, 2.24) is 9.78 Å². The smallest absolute Gasteiger partial charge is 0.149 e. The van der Waals surface area contributed by atoms with E-state index in [0.29, 0.717) is 28.6 Å². The van der Waals surface area contributed by atoms with E-state index in [0.717, 1.165) is 24.0 Å². The molecule has 0 radical (unpaired) electrons.